The molecule has 0 aromatic heterocycles. The fourth-order valence-electron chi connectivity index (χ4n) is 4.34. The van der Waals surface area contributed by atoms with Gasteiger partial charge in [-0.15, -0.1) is 0 Å². The number of hydrogen-bond donors (Lipinski definition) is 2. The van der Waals surface area contributed by atoms with Crippen molar-refractivity contribution in [2.75, 3.05) is 26.2 Å². The largest absolute Gasteiger partial charge is 0.355 e. The molecule has 0 unspecified atom stereocenters. The van der Waals surface area contributed by atoms with Gasteiger partial charge in [0.25, 0.3) is 0 Å². The quantitative estimate of drug-likeness (QED) is 0.884. The molecule has 1 heterocycles. The van der Waals surface area contributed by atoms with Crippen molar-refractivity contribution >= 4 is 11.8 Å². The van der Waals surface area contributed by atoms with Crippen LogP contribution in [0.4, 0.5) is 0 Å². The fraction of sp³-hybridized carbons (Fsp3) is 0.579. The van der Waals surface area contributed by atoms with E-state index in [1.807, 2.05) is 6.92 Å². The standard InChI is InChI=1S/C19H27N3O2/c1-3-20-18(24)13-22-10-8-19(9-11-22)12-17(21-14(2)23)15-6-4-5-7-16(15)19/h4-7,17H,3,8-13H2,1-2H3,(H,20,24)(H,21,23)/t17-/m0/s1. The van der Waals surface area contributed by atoms with Gasteiger partial charge in [0.2, 0.25) is 11.8 Å². The number of likely N-dealkylation sites (N-methyl/N-ethyl adjacent to an activating group) is 1. The van der Waals surface area contributed by atoms with Crippen molar-refractivity contribution in [3.8, 4) is 0 Å². The lowest BCUT2D eigenvalue weighted by atomic mass is 9.73. The van der Waals surface area contributed by atoms with E-state index >= 15 is 0 Å². The number of fused-ring (bicyclic) bond motifs is 2. The van der Waals surface area contributed by atoms with Crippen molar-refractivity contribution in [1.82, 2.24) is 15.5 Å². The number of rotatable bonds is 4. The average molecular weight is 329 g/mol. The molecule has 2 aliphatic rings. The zero-order chi connectivity index (χ0) is 17.2. The molecule has 0 bridgehead atoms. The third-order valence-electron chi connectivity index (χ3n) is 5.43. The number of amides is 2. The van der Waals surface area contributed by atoms with Crippen molar-refractivity contribution < 1.29 is 9.59 Å². The van der Waals surface area contributed by atoms with Crippen molar-refractivity contribution in [3.63, 3.8) is 0 Å². The van der Waals surface area contributed by atoms with E-state index < -0.39 is 0 Å². The van der Waals surface area contributed by atoms with Crippen LogP contribution in [0.15, 0.2) is 24.3 Å². The lowest BCUT2D eigenvalue weighted by molar-refractivity contribution is -0.123. The summed E-state index contributed by atoms with van der Waals surface area (Å²) >= 11 is 0. The molecule has 1 aliphatic carbocycles. The van der Waals surface area contributed by atoms with Crippen LogP contribution in [0.2, 0.25) is 0 Å². The monoisotopic (exact) mass is 329 g/mol. The number of benzene rings is 1. The van der Waals surface area contributed by atoms with Crippen LogP contribution in [-0.2, 0) is 15.0 Å². The van der Waals surface area contributed by atoms with Gasteiger partial charge in [0.15, 0.2) is 0 Å². The number of carbonyl (C=O) groups is 2. The molecule has 1 fully saturated rings. The van der Waals surface area contributed by atoms with Gasteiger partial charge in [-0.25, -0.2) is 0 Å². The van der Waals surface area contributed by atoms with Crippen LogP contribution in [0.1, 0.15) is 50.3 Å². The zero-order valence-corrected chi connectivity index (χ0v) is 14.6. The molecule has 24 heavy (non-hydrogen) atoms. The molecular weight excluding hydrogens is 302 g/mol. The minimum Gasteiger partial charge on any atom is -0.355 e. The van der Waals surface area contributed by atoms with Gasteiger partial charge in [-0.2, -0.15) is 0 Å². The Balaban J connectivity index is 1.71. The molecule has 2 N–H and O–H groups in total. The molecule has 1 aromatic carbocycles. The van der Waals surface area contributed by atoms with Gasteiger partial charge < -0.3 is 10.6 Å². The summed E-state index contributed by atoms with van der Waals surface area (Å²) in [7, 11) is 0. The molecule has 1 aromatic rings. The summed E-state index contributed by atoms with van der Waals surface area (Å²) in [5.74, 6) is 0.136. The van der Waals surface area contributed by atoms with Gasteiger partial charge in [-0.3, -0.25) is 14.5 Å². The third kappa shape index (κ3) is 3.31. The first-order valence-electron chi connectivity index (χ1n) is 8.89. The Morgan fingerprint density at radius 1 is 1.25 bits per heavy atom. The molecular formula is C19H27N3O2. The Morgan fingerprint density at radius 2 is 1.96 bits per heavy atom. The Morgan fingerprint density at radius 3 is 2.62 bits per heavy atom. The smallest absolute Gasteiger partial charge is 0.234 e. The number of nitrogens with one attached hydrogen (secondary N) is 2. The van der Waals surface area contributed by atoms with Crippen LogP contribution in [0.25, 0.3) is 0 Å². The minimum atomic E-state index is 0.0283. The van der Waals surface area contributed by atoms with E-state index in [1.54, 1.807) is 6.92 Å². The number of piperidine rings is 1. The summed E-state index contributed by atoms with van der Waals surface area (Å²) in [5, 5.41) is 5.98. The molecule has 2 amide bonds. The molecule has 3 rings (SSSR count). The summed E-state index contributed by atoms with van der Waals surface area (Å²) in [4.78, 5) is 25.6. The van der Waals surface area contributed by atoms with Crippen LogP contribution < -0.4 is 10.6 Å². The topological polar surface area (TPSA) is 61.4 Å². The van der Waals surface area contributed by atoms with Crippen molar-refractivity contribution in [2.45, 2.75) is 44.6 Å². The second kappa shape index (κ2) is 6.93. The van der Waals surface area contributed by atoms with Crippen molar-refractivity contribution in [2.24, 2.45) is 0 Å². The average Bonchev–Trinajstić information content (AvgIpc) is 2.84. The van der Waals surface area contributed by atoms with Crippen LogP contribution in [-0.4, -0.2) is 42.9 Å². The van der Waals surface area contributed by atoms with Crippen LogP contribution in [0.3, 0.4) is 0 Å². The van der Waals surface area contributed by atoms with Gasteiger partial charge in [0.1, 0.15) is 0 Å². The van der Waals surface area contributed by atoms with Gasteiger partial charge in [-0.1, -0.05) is 24.3 Å². The summed E-state index contributed by atoms with van der Waals surface area (Å²) in [5.41, 5.74) is 2.80. The number of hydrogen-bond acceptors (Lipinski definition) is 3. The minimum absolute atomic E-state index is 0.0283. The van der Waals surface area contributed by atoms with Crippen LogP contribution in [0.5, 0.6) is 0 Å². The third-order valence-corrected chi connectivity index (χ3v) is 5.43. The zero-order valence-electron chi connectivity index (χ0n) is 14.6. The van der Waals surface area contributed by atoms with E-state index in [-0.39, 0.29) is 23.3 Å². The summed E-state index contributed by atoms with van der Waals surface area (Å²) in [6.45, 7) is 6.56. The van der Waals surface area contributed by atoms with E-state index in [4.69, 9.17) is 0 Å². The first-order valence-corrected chi connectivity index (χ1v) is 8.89. The van der Waals surface area contributed by atoms with E-state index in [0.29, 0.717) is 13.1 Å². The van der Waals surface area contributed by atoms with Crippen molar-refractivity contribution in [3.05, 3.63) is 35.4 Å². The van der Waals surface area contributed by atoms with E-state index in [0.717, 1.165) is 32.4 Å². The molecule has 0 saturated carbocycles. The van der Waals surface area contributed by atoms with Gasteiger partial charge in [-0.05, 0) is 50.4 Å². The number of carbonyl (C=O) groups excluding carboxylic acids is 2. The second-order valence-corrected chi connectivity index (χ2v) is 7.05. The highest BCUT2D eigenvalue weighted by Gasteiger charge is 2.45. The SMILES string of the molecule is CCNC(=O)CN1CCC2(CC1)C[C@H](NC(C)=O)c1ccccc12. The maximum atomic E-state index is 11.8. The summed E-state index contributed by atoms with van der Waals surface area (Å²) in [6.07, 6.45) is 3.06. The lowest BCUT2D eigenvalue weighted by Crippen LogP contribution is -2.46. The molecule has 1 saturated heterocycles. The first-order chi connectivity index (χ1) is 11.5. The van der Waals surface area contributed by atoms with Crippen LogP contribution >= 0.6 is 0 Å². The Bertz CT molecular complexity index is 621. The van der Waals surface area contributed by atoms with Crippen molar-refractivity contribution in [1.29, 1.82) is 0 Å². The maximum absolute atomic E-state index is 11.8. The Hall–Kier alpha value is -1.88. The predicted molar refractivity (Wildman–Crippen MR) is 93.7 cm³/mol. The van der Waals surface area contributed by atoms with Crippen LogP contribution in [0, 0.1) is 0 Å². The van der Waals surface area contributed by atoms with Gasteiger partial charge in [0, 0.05) is 18.9 Å². The fourth-order valence-corrected chi connectivity index (χ4v) is 4.34. The van der Waals surface area contributed by atoms with Gasteiger partial charge in [0.05, 0.1) is 12.6 Å². The van der Waals surface area contributed by atoms with E-state index in [2.05, 4.69) is 39.8 Å². The first kappa shape index (κ1) is 17.0. The number of nitrogens with zero attached hydrogens (tertiary/aromatic N) is 1. The van der Waals surface area contributed by atoms with E-state index in [9.17, 15) is 9.59 Å². The molecule has 1 aliphatic heterocycles. The summed E-state index contributed by atoms with van der Waals surface area (Å²) in [6, 6.07) is 8.63. The molecule has 5 nitrogen and oxygen atoms in total. The highest BCUT2D eigenvalue weighted by molar-refractivity contribution is 5.78. The predicted octanol–water partition coefficient (Wildman–Crippen LogP) is 1.74. The molecule has 1 atom stereocenters. The molecule has 1 spiro atoms. The number of likely N-dealkylation sites (tertiary alicyclic amines) is 1. The normalized spacial score (nSPS) is 22.2. The highest BCUT2D eigenvalue weighted by atomic mass is 16.2. The molecule has 130 valence electrons. The Labute approximate surface area is 143 Å². The Kier molecular flexibility index (Phi) is 4.90. The maximum Gasteiger partial charge on any atom is 0.234 e. The summed E-state index contributed by atoms with van der Waals surface area (Å²) < 4.78 is 0. The lowest BCUT2D eigenvalue weighted by Gasteiger charge is -2.40. The van der Waals surface area contributed by atoms with E-state index in [1.165, 1.54) is 11.1 Å². The molecule has 0 radical (unpaired) electrons. The highest BCUT2D eigenvalue weighted by Crippen LogP contribution is 2.50. The molecule has 5 heteroatoms. The van der Waals surface area contributed by atoms with Gasteiger partial charge >= 0.3 is 0 Å². The second-order valence-electron chi connectivity index (χ2n) is 7.05.